The SMILES string of the molecule is C=O.Oc1cccc(Cl)c1O. The summed E-state index contributed by atoms with van der Waals surface area (Å²) in [7, 11) is 0. The third-order valence-electron chi connectivity index (χ3n) is 0.965. The van der Waals surface area contributed by atoms with Crippen LogP contribution in [0.3, 0.4) is 0 Å². The minimum absolute atomic E-state index is 0.162. The topological polar surface area (TPSA) is 57.5 Å². The van der Waals surface area contributed by atoms with Crippen LogP contribution >= 0.6 is 11.6 Å². The lowest BCUT2D eigenvalue weighted by Crippen LogP contribution is -1.67. The van der Waals surface area contributed by atoms with Crippen LogP contribution in [-0.4, -0.2) is 17.0 Å². The van der Waals surface area contributed by atoms with Crippen LogP contribution in [0.25, 0.3) is 0 Å². The van der Waals surface area contributed by atoms with Gasteiger partial charge in [-0.15, -0.1) is 0 Å². The molecule has 11 heavy (non-hydrogen) atoms. The molecule has 0 amide bonds. The minimum atomic E-state index is -0.265. The number of aromatic hydroxyl groups is 2. The van der Waals surface area contributed by atoms with Gasteiger partial charge in [0, 0.05) is 0 Å². The molecule has 1 rings (SSSR count). The van der Waals surface area contributed by atoms with Gasteiger partial charge in [0.05, 0.1) is 5.02 Å². The first-order valence-corrected chi connectivity index (χ1v) is 3.05. The number of benzene rings is 1. The molecular formula is C7H7ClO3. The van der Waals surface area contributed by atoms with Crippen molar-refractivity contribution >= 4 is 18.4 Å². The van der Waals surface area contributed by atoms with Crippen molar-refractivity contribution in [2.75, 3.05) is 0 Å². The highest BCUT2D eigenvalue weighted by Crippen LogP contribution is 2.31. The highest BCUT2D eigenvalue weighted by molar-refractivity contribution is 6.32. The monoisotopic (exact) mass is 174 g/mol. The van der Waals surface area contributed by atoms with Crippen molar-refractivity contribution in [1.29, 1.82) is 0 Å². The smallest absolute Gasteiger partial charge is 0.176 e. The lowest BCUT2D eigenvalue weighted by atomic mass is 10.3. The van der Waals surface area contributed by atoms with E-state index in [4.69, 9.17) is 26.6 Å². The second-order valence-corrected chi connectivity index (χ2v) is 2.01. The molecule has 3 nitrogen and oxygen atoms in total. The summed E-state index contributed by atoms with van der Waals surface area (Å²) < 4.78 is 0. The van der Waals surface area contributed by atoms with Crippen molar-refractivity contribution in [3.63, 3.8) is 0 Å². The van der Waals surface area contributed by atoms with Crippen LogP contribution in [0.5, 0.6) is 11.5 Å². The van der Waals surface area contributed by atoms with Crippen molar-refractivity contribution in [3.05, 3.63) is 23.2 Å². The maximum atomic E-state index is 8.82. The van der Waals surface area contributed by atoms with Crippen molar-refractivity contribution in [2.45, 2.75) is 0 Å². The molecule has 0 radical (unpaired) electrons. The fraction of sp³-hybridized carbons (Fsp3) is 0. The van der Waals surface area contributed by atoms with Crippen LogP contribution in [0.1, 0.15) is 0 Å². The molecule has 0 heterocycles. The molecule has 0 aliphatic carbocycles. The van der Waals surface area contributed by atoms with Crippen LogP contribution in [-0.2, 0) is 4.79 Å². The maximum absolute atomic E-state index is 8.82. The molecule has 60 valence electrons. The first-order valence-electron chi connectivity index (χ1n) is 2.67. The number of carbonyl (C=O) groups is 1. The largest absolute Gasteiger partial charge is 0.504 e. The quantitative estimate of drug-likeness (QED) is 0.587. The summed E-state index contributed by atoms with van der Waals surface area (Å²) >= 11 is 5.40. The molecule has 1 aromatic rings. The third kappa shape index (κ3) is 2.47. The summed E-state index contributed by atoms with van der Waals surface area (Å²) in [5.74, 6) is -0.457. The van der Waals surface area contributed by atoms with Gasteiger partial charge < -0.3 is 15.0 Å². The molecule has 0 unspecified atom stereocenters. The van der Waals surface area contributed by atoms with E-state index in [1.54, 1.807) is 6.07 Å². The highest BCUT2D eigenvalue weighted by atomic mass is 35.5. The molecule has 0 aromatic heterocycles. The Labute approximate surface area is 68.9 Å². The molecule has 1 aromatic carbocycles. The zero-order chi connectivity index (χ0) is 8.85. The Hall–Kier alpha value is -1.22. The summed E-state index contributed by atoms with van der Waals surface area (Å²) in [6, 6.07) is 4.41. The summed E-state index contributed by atoms with van der Waals surface area (Å²) in [6.07, 6.45) is 0. The van der Waals surface area contributed by atoms with E-state index in [1.165, 1.54) is 12.1 Å². The summed E-state index contributed by atoms with van der Waals surface area (Å²) in [5, 5.41) is 17.8. The molecule has 2 N–H and O–H groups in total. The molecule has 4 heteroatoms. The van der Waals surface area contributed by atoms with E-state index in [9.17, 15) is 0 Å². The van der Waals surface area contributed by atoms with Gasteiger partial charge in [-0.3, -0.25) is 0 Å². The van der Waals surface area contributed by atoms with E-state index in [0.29, 0.717) is 0 Å². The van der Waals surface area contributed by atoms with Crippen molar-refractivity contribution in [2.24, 2.45) is 0 Å². The second kappa shape index (κ2) is 4.57. The first kappa shape index (κ1) is 9.78. The van der Waals surface area contributed by atoms with Gasteiger partial charge in [0.25, 0.3) is 0 Å². The lowest BCUT2D eigenvalue weighted by molar-refractivity contribution is -0.0979. The van der Waals surface area contributed by atoms with Crippen molar-refractivity contribution < 1.29 is 15.0 Å². The second-order valence-electron chi connectivity index (χ2n) is 1.61. The fourth-order valence-electron chi connectivity index (χ4n) is 0.504. The molecule has 0 saturated heterocycles. The Balaban J connectivity index is 0.000000461. The number of halogens is 1. The van der Waals surface area contributed by atoms with Gasteiger partial charge >= 0.3 is 0 Å². The van der Waals surface area contributed by atoms with E-state index >= 15 is 0 Å². The number of carbonyl (C=O) groups excluding carboxylic acids is 1. The lowest BCUT2D eigenvalue weighted by Gasteiger charge is -1.96. The van der Waals surface area contributed by atoms with Gasteiger partial charge in [0.1, 0.15) is 6.79 Å². The van der Waals surface area contributed by atoms with Crippen molar-refractivity contribution in [1.82, 2.24) is 0 Å². The maximum Gasteiger partial charge on any atom is 0.176 e. The number of phenols is 2. The average molecular weight is 175 g/mol. The molecule has 0 aliphatic rings. The van der Waals surface area contributed by atoms with Crippen LogP contribution in [0.15, 0.2) is 18.2 Å². The number of hydrogen-bond acceptors (Lipinski definition) is 3. The number of hydrogen-bond donors (Lipinski definition) is 2. The number of para-hydroxylation sites is 1. The van der Waals surface area contributed by atoms with Gasteiger partial charge in [0.2, 0.25) is 0 Å². The zero-order valence-electron chi connectivity index (χ0n) is 5.62. The van der Waals surface area contributed by atoms with Crippen LogP contribution < -0.4 is 0 Å². The van der Waals surface area contributed by atoms with Crippen LogP contribution in [0.2, 0.25) is 5.02 Å². The number of rotatable bonds is 0. The number of phenolic OH excluding ortho intramolecular Hbond substituents is 2. The molecule has 0 spiro atoms. The van der Waals surface area contributed by atoms with E-state index in [0.717, 1.165) is 0 Å². The predicted octanol–water partition coefficient (Wildman–Crippen LogP) is 1.57. The molecule has 0 bridgehead atoms. The molecule has 0 atom stereocenters. The van der Waals surface area contributed by atoms with Crippen LogP contribution in [0.4, 0.5) is 0 Å². The minimum Gasteiger partial charge on any atom is -0.504 e. The Morgan fingerprint density at radius 2 is 1.82 bits per heavy atom. The Kier molecular flexibility index (Phi) is 4.07. The van der Waals surface area contributed by atoms with Crippen molar-refractivity contribution in [3.8, 4) is 11.5 Å². The zero-order valence-corrected chi connectivity index (χ0v) is 6.38. The standard InChI is InChI=1S/C6H5ClO2.CH2O/c7-4-2-1-3-5(8)6(4)9;1-2/h1-3,8-9H;1H2. The van der Waals surface area contributed by atoms with Gasteiger partial charge in [-0.1, -0.05) is 17.7 Å². The van der Waals surface area contributed by atoms with E-state index in [2.05, 4.69) is 0 Å². The van der Waals surface area contributed by atoms with E-state index in [1.807, 2.05) is 6.79 Å². The fourth-order valence-corrected chi connectivity index (χ4v) is 0.674. The first-order chi connectivity index (χ1) is 5.22. The van der Waals surface area contributed by atoms with E-state index in [-0.39, 0.29) is 16.5 Å². The van der Waals surface area contributed by atoms with Gasteiger partial charge in [-0.05, 0) is 12.1 Å². The molecule has 0 fully saturated rings. The van der Waals surface area contributed by atoms with E-state index < -0.39 is 0 Å². The van der Waals surface area contributed by atoms with Gasteiger partial charge in [-0.25, -0.2) is 0 Å². The van der Waals surface area contributed by atoms with Gasteiger partial charge in [0.15, 0.2) is 11.5 Å². The predicted molar refractivity (Wildman–Crippen MR) is 41.9 cm³/mol. The summed E-state index contributed by atoms with van der Waals surface area (Å²) in [5.41, 5.74) is 0. The van der Waals surface area contributed by atoms with Crippen LogP contribution in [0, 0.1) is 0 Å². The Morgan fingerprint density at radius 1 is 1.27 bits per heavy atom. The Bertz CT molecular complexity index is 217. The average Bonchev–Trinajstić information content (AvgIpc) is 2.04. The summed E-state index contributed by atoms with van der Waals surface area (Å²) in [4.78, 5) is 8.00. The molecular weight excluding hydrogens is 168 g/mol. The normalized spacial score (nSPS) is 8.09. The molecule has 0 aliphatic heterocycles. The highest BCUT2D eigenvalue weighted by Gasteiger charge is 2.00. The Morgan fingerprint density at radius 3 is 2.18 bits per heavy atom. The summed E-state index contributed by atoms with van der Waals surface area (Å²) in [6.45, 7) is 2.00. The van der Waals surface area contributed by atoms with Gasteiger partial charge in [-0.2, -0.15) is 0 Å². The molecule has 0 saturated carbocycles. The third-order valence-corrected chi connectivity index (χ3v) is 1.27.